The zero-order chi connectivity index (χ0) is 41.0. The summed E-state index contributed by atoms with van der Waals surface area (Å²) >= 11 is 3.92. The first-order chi connectivity index (χ1) is 27.5. The topological polar surface area (TPSA) is 76.1 Å². The summed E-state index contributed by atoms with van der Waals surface area (Å²) in [4.78, 5) is 28.1. The van der Waals surface area contributed by atoms with Gasteiger partial charge in [-0.25, -0.2) is 0 Å². The van der Waals surface area contributed by atoms with Crippen molar-refractivity contribution in [3.8, 4) is 0 Å². The van der Waals surface area contributed by atoms with E-state index in [1.807, 2.05) is 23.5 Å². The molecule has 0 heterocycles. The maximum atomic E-state index is 12.7. The number of nitrogens with zero attached hydrogens (tertiary/aromatic N) is 1. The molecule has 8 heteroatoms. The number of ether oxygens (including phenoxy) is 2. The highest BCUT2D eigenvalue weighted by atomic mass is 32.2. The second kappa shape index (κ2) is 45.6. The highest BCUT2D eigenvalue weighted by Gasteiger charge is 2.17. The third kappa shape index (κ3) is 40.3. The fourth-order valence-corrected chi connectivity index (χ4v) is 9.33. The van der Waals surface area contributed by atoms with Crippen molar-refractivity contribution in [1.29, 1.82) is 0 Å². The first kappa shape index (κ1) is 55.6. The predicted octanol–water partition coefficient (Wildman–Crippen LogP) is 14.1. The molecule has 0 spiro atoms. The molecule has 0 amide bonds. The maximum absolute atomic E-state index is 12.7. The van der Waals surface area contributed by atoms with Gasteiger partial charge in [0, 0.05) is 31.0 Å². The van der Waals surface area contributed by atoms with Gasteiger partial charge in [0.05, 0.1) is 0 Å². The van der Waals surface area contributed by atoms with Crippen LogP contribution < -0.4 is 0 Å². The highest BCUT2D eigenvalue weighted by molar-refractivity contribution is 7.99. The Balaban J connectivity index is 4.71. The van der Waals surface area contributed by atoms with Crippen LogP contribution >= 0.6 is 23.5 Å². The molecule has 0 fully saturated rings. The number of aliphatic hydroxyl groups is 1. The average Bonchev–Trinajstić information content (AvgIpc) is 3.19. The molecular formula is C48H95NO5S2. The lowest BCUT2D eigenvalue weighted by Crippen LogP contribution is -2.27. The first-order valence-corrected chi connectivity index (χ1v) is 26.7. The number of thioether (sulfide) groups is 2. The van der Waals surface area contributed by atoms with E-state index < -0.39 is 0 Å². The number of hydrogen-bond donors (Lipinski definition) is 1. The molecular weight excluding hydrogens is 735 g/mol. The van der Waals surface area contributed by atoms with E-state index in [0.29, 0.717) is 12.8 Å². The SMILES string of the molecule is CCCCCCCCCC(=O)OC(CCCCCN(CCCCO)CCCCCC(CSCCCCC)OC(=O)CCCCCCCCC)CSCCCCC. The molecule has 2 atom stereocenters. The Kier molecular flexibility index (Phi) is 45.3. The Morgan fingerprint density at radius 3 is 1.18 bits per heavy atom. The van der Waals surface area contributed by atoms with Crippen LogP contribution in [-0.2, 0) is 19.1 Å². The first-order valence-electron chi connectivity index (χ1n) is 24.4. The number of carbonyl (C=O) groups excluding carboxylic acids is 2. The fraction of sp³-hybridized carbons (Fsp3) is 0.958. The number of aliphatic hydroxyl groups excluding tert-OH is 1. The van der Waals surface area contributed by atoms with Crippen molar-refractivity contribution in [1.82, 2.24) is 4.90 Å². The lowest BCUT2D eigenvalue weighted by atomic mass is 10.1. The summed E-state index contributed by atoms with van der Waals surface area (Å²) in [5.74, 6) is 4.18. The van der Waals surface area contributed by atoms with Crippen molar-refractivity contribution in [2.24, 2.45) is 0 Å². The second-order valence-corrected chi connectivity index (χ2v) is 18.8. The normalized spacial score (nSPS) is 12.7. The molecule has 2 unspecified atom stereocenters. The summed E-state index contributed by atoms with van der Waals surface area (Å²) in [6, 6.07) is 0. The summed E-state index contributed by atoms with van der Waals surface area (Å²) in [5.41, 5.74) is 0. The van der Waals surface area contributed by atoms with Crippen LogP contribution in [0.3, 0.4) is 0 Å². The Labute approximate surface area is 357 Å². The van der Waals surface area contributed by atoms with Crippen LogP contribution in [0.2, 0.25) is 0 Å². The molecule has 0 saturated heterocycles. The number of esters is 2. The van der Waals surface area contributed by atoms with Crippen molar-refractivity contribution < 1.29 is 24.2 Å². The number of carbonyl (C=O) groups is 2. The van der Waals surface area contributed by atoms with E-state index in [2.05, 4.69) is 32.6 Å². The Bertz CT molecular complexity index is 758. The van der Waals surface area contributed by atoms with Gasteiger partial charge in [-0.2, -0.15) is 23.5 Å². The van der Waals surface area contributed by atoms with Crippen LogP contribution in [0.25, 0.3) is 0 Å². The van der Waals surface area contributed by atoms with Gasteiger partial charge >= 0.3 is 11.9 Å². The van der Waals surface area contributed by atoms with Gasteiger partial charge in [-0.15, -0.1) is 0 Å². The zero-order valence-electron chi connectivity index (χ0n) is 37.8. The summed E-state index contributed by atoms with van der Waals surface area (Å²) in [6.07, 6.45) is 36.5. The minimum absolute atomic E-state index is 0.00600. The van der Waals surface area contributed by atoms with Gasteiger partial charge in [0.2, 0.25) is 0 Å². The molecule has 0 aliphatic carbocycles. The number of rotatable bonds is 46. The maximum Gasteiger partial charge on any atom is 0.306 e. The van der Waals surface area contributed by atoms with Crippen molar-refractivity contribution in [2.75, 3.05) is 49.3 Å². The number of unbranched alkanes of at least 4 members (excludes halogenated alkanes) is 21. The van der Waals surface area contributed by atoms with Crippen molar-refractivity contribution in [3.05, 3.63) is 0 Å². The molecule has 0 saturated carbocycles. The predicted molar refractivity (Wildman–Crippen MR) is 248 cm³/mol. The van der Waals surface area contributed by atoms with Crippen molar-refractivity contribution in [3.63, 3.8) is 0 Å². The van der Waals surface area contributed by atoms with Crippen LogP contribution in [0.4, 0.5) is 0 Å². The van der Waals surface area contributed by atoms with Gasteiger partial charge in [-0.1, -0.05) is 143 Å². The Morgan fingerprint density at radius 1 is 0.446 bits per heavy atom. The van der Waals surface area contributed by atoms with E-state index in [1.54, 1.807) is 0 Å². The van der Waals surface area contributed by atoms with Gasteiger partial charge in [0.1, 0.15) is 12.2 Å². The molecule has 0 aromatic rings. The second-order valence-electron chi connectivity index (χ2n) is 16.5. The molecule has 56 heavy (non-hydrogen) atoms. The molecule has 1 N–H and O–H groups in total. The summed E-state index contributed by atoms with van der Waals surface area (Å²) in [5, 5.41) is 9.41. The van der Waals surface area contributed by atoms with E-state index in [-0.39, 0.29) is 30.8 Å². The largest absolute Gasteiger partial charge is 0.461 e. The van der Waals surface area contributed by atoms with Crippen LogP contribution in [0, 0.1) is 0 Å². The lowest BCUT2D eigenvalue weighted by molar-refractivity contribution is -0.149. The van der Waals surface area contributed by atoms with Crippen LogP contribution in [0.5, 0.6) is 0 Å². The van der Waals surface area contributed by atoms with Gasteiger partial charge in [-0.3, -0.25) is 9.59 Å². The van der Waals surface area contributed by atoms with E-state index >= 15 is 0 Å². The van der Waals surface area contributed by atoms with Crippen LogP contribution in [-0.4, -0.2) is 83.4 Å². The van der Waals surface area contributed by atoms with Crippen molar-refractivity contribution >= 4 is 35.5 Å². The minimum Gasteiger partial charge on any atom is -0.461 e. The molecule has 6 nitrogen and oxygen atoms in total. The molecule has 0 aliphatic rings. The molecule has 0 rings (SSSR count). The quantitative estimate of drug-likeness (QED) is 0.0480. The molecule has 0 aromatic heterocycles. The Hall–Kier alpha value is -0.440. The van der Waals surface area contributed by atoms with Crippen LogP contribution in [0.1, 0.15) is 233 Å². The molecule has 0 aliphatic heterocycles. The summed E-state index contributed by atoms with van der Waals surface area (Å²) in [7, 11) is 0. The zero-order valence-corrected chi connectivity index (χ0v) is 39.4. The molecule has 0 radical (unpaired) electrons. The molecule has 0 bridgehead atoms. The highest BCUT2D eigenvalue weighted by Crippen LogP contribution is 2.19. The van der Waals surface area contributed by atoms with Crippen molar-refractivity contribution in [2.45, 2.75) is 245 Å². The van der Waals surface area contributed by atoms with E-state index in [4.69, 9.17) is 9.47 Å². The number of hydrogen-bond acceptors (Lipinski definition) is 8. The summed E-state index contributed by atoms with van der Waals surface area (Å²) < 4.78 is 12.1. The van der Waals surface area contributed by atoms with Crippen LogP contribution in [0.15, 0.2) is 0 Å². The van der Waals surface area contributed by atoms with E-state index in [1.165, 1.54) is 103 Å². The van der Waals surface area contributed by atoms with Gasteiger partial charge < -0.3 is 19.5 Å². The molecule has 334 valence electrons. The lowest BCUT2D eigenvalue weighted by Gasteiger charge is -2.23. The standard InChI is InChI=1S/C48H95NO5S2/c1-5-9-13-15-17-19-25-35-47(51)53-45(43-55-41-31-11-7-3)33-23-21-27-37-49(39-29-30-40-50)38-28-22-24-34-46(44-56-42-32-12-8-4)54-48(52)36-26-20-18-16-14-10-6-2/h45-46,50H,5-44H2,1-4H3. The smallest absolute Gasteiger partial charge is 0.306 e. The van der Waals surface area contributed by atoms with E-state index in [0.717, 1.165) is 133 Å². The van der Waals surface area contributed by atoms with E-state index in [9.17, 15) is 14.7 Å². The Morgan fingerprint density at radius 2 is 0.786 bits per heavy atom. The van der Waals surface area contributed by atoms with Gasteiger partial charge in [0.25, 0.3) is 0 Å². The third-order valence-corrected chi connectivity index (χ3v) is 13.2. The minimum atomic E-state index is 0.00600. The monoisotopic (exact) mass is 830 g/mol. The third-order valence-electron chi connectivity index (χ3n) is 10.8. The fourth-order valence-electron chi connectivity index (χ4n) is 7.18. The summed E-state index contributed by atoms with van der Waals surface area (Å²) in [6.45, 7) is 12.5. The average molecular weight is 830 g/mol. The van der Waals surface area contributed by atoms with Gasteiger partial charge in [0.15, 0.2) is 0 Å². The van der Waals surface area contributed by atoms with Gasteiger partial charge in [-0.05, 0) is 108 Å². The molecule has 0 aromatic carbocycles.